The number of benzene rings is 6. The molecule has 10 rings (SSSR count). The fraction of sp³-hybridized carbons (Fsp3) is 0. The van der Waals surface area contributed by atoms with E-state index in [1.165, 1.54) is 5.46 Å². The van der Waals surface area contributed by atoms with Crippen LogP contribution in [0.4, 0.5) is 17.1 Å². The third-order valence-electron chi connectivity index (χ3n) is 9.20. The van der Waals surface area contributed by atoms with E-state index in [9.17, 15) is 4.79 Å². The molecule has 0 spiro atoms. The zero-order chi connectivity index (χ0) is 27.5. The summed E-state index contributed by atoms with van der Waals surface area (Å²) in [6.45, 7) is -0.00629. The minimum atomic E-state index is -0.00629. The van der Waals surface area contributed by atoms with E-state index >= 15 is 0 Å². The number of rotatable bonds is 1. The van der Waals surface area contributed by atoms with Crippen molar-refractivity contribution >= 4 is 83.8 Å². The largest absolute Gasteiger partial charge is 0.456 e. The van der Waals surface area contributed by atoms with Gasteiger partial charge in [0, 0.05) is 33.2 Å². The molecule has 6 aromatic carbocycles. The minimum Gasteiger partial charge on any atom is -0.456 e. The third-order valence-corrected chi connectivity index (χ3v) is 9.20. The molecule has 4 heterocycles. The molecule has 0 saturated heterocycles. The molecule has 2 aliphatic heterocycles. The van der Waals surface area contributed by atoms with Crippen LogP contribution in [0.2, 0.25) is 0 Å². The van der Waals surface area contributed by atoms with E-state index in [0.29, 0.717) is 0 Å². The predicted octanol–water partition coefficient (Wildman–Crippen LogP) is 6.66. The highest BCUT2D eigenvalue weighted by atomic mass is 16.3. The highest BCUT2D eigenvalue weighted by molar-refractivity contribution is 7.00. The van der Waals surface area contributed by atoms with Crippen molar-refractivity contribution in [2.45, 2.75) is 0 Å². The first kappa shape index (κ1) is 22.2. The fourth-order valence-electron chi connectivity index (χ4n) is 7.57. The molecular weight excluding hydrogens is 515 g/mol. The number of para-hydroxylation sites is 3. The highest BCUT2D eigenvalue weighted by Crippen LogP contribution is 2.45. The Kier molecular flexibility index (Phi) is 4.12. The molecule has 0 saturated carbocycles. The summed E-state index contributed by atoms with van der Waals surface area (Å²) in [6.07, 6.45) is 0. The smallest absolute Gasteiger partial charge is 0.263 e. The van der Waals surface area contributed by atoms with E-state index in [0.717, 1.165) is 77.3 Å². The molecule has 2 aromatic heterocycles. The topological polar surface area (TPSA) is 38.4 Å². The van der Waals surface area contributed by atoms with Crippen LogP contribution in [0.1, 0.15) is 0 Å². The summed E-state index contributed by atoms with van der Waals surface area (Å²) in [5, 5.41) is 4.99. The van der Waals surface area contributed by atoms with Crippen molar-refractivity contribution in [3.63, 3.8) is 0 Å². The highest BCUT2D eigenvalue weighted by Gasteiger charge is 2.42. The van der Waals surface area contributed by atoms with Gasteiger partial charge < -0.3 is 9.32 Å². The molecule has 4 nitrogen and oxygen atoms in total. The predicted molar refractivity (Wildman–Crippen MR) is 174 cm³/mol. The van der Waals surface area contributed by atoms with E-state index in [-0.39, 0.29) is 12.3 Å². The second-order valence-corrected chi connectivity index (χ2v) is 11.2. The Morgan fingerprint density at radius 2 is 1.14 bits per heavy atom. The normalized spacial score (nSPS) is 13.2. The van der Waals surface area contributed by atoms with E-state index in [4.69, 9.17) is 4.42 Å². The number of anilines is 3. The van der Waals surface area contributed by atoms with Gasteiger partial charge in [-0.05, 0) is 64.2 Å². The van der Waals surface area contributed by atoms with Crippen molar-refractivity contribution in [1.29, 1.82) is 0 Å². The summed E-state index contributed by atoms with van der Waals surface area (Å²) in [5.74, 6) is 0. The Morgan fingerprint density at radius 3 is 2.00 bits per heavy atom. The van der Waals surface area contributed by atoms with Crippen molar-refractivity contribution in [2.24, 2.45) is 0 Å². The Hall–Kier alpha value is -5.55. The summed E-state index contributed by atoms with van der Waals surface area (Å²) >= 11 is 0. The summed E-state index contributed by atoms with van der Waals surface area (Å²) in [4.78, 5) is 16.6. The molecule has 0 unspecified atom stereocenters. The molecule has 0 bridgehead atoms. The monoisotopic (exact) mass is 536 g/mol. The number of furan rings is 1. The number of fused-ring (bicyclic) bond motifs is 10. The molecule has 0 radical (unpaired) electrons. The van der Waals surface area contributed by atoms with Crippen LogP contribution >= 0.6 is 0 Å². The van der Waals surface area contributed by atoms with Gasteiger partial charge in [0.05, 0.1) is 16.6 Å². The molecule has 0 fully saturated rings. The van der Waals surface area contributed by atoms with Gasteiger partial charge in [0.1, 0.15) is 11.2 Å². The quantitative estimate of drug-likeness (QED) is 0.174. The summed E-state index contributed by atoms with van der Waals surface area (Å²) in [5.41, 5.74) is 10.5. The molecular formula is C37H21BN2O2. The van der Waals surface area contributed by atoms with Crippen LogP contribution < -0.4 is 26.8 Å². The van der Waals surface area contributed by atoms with Crippen molar-refractivity contribution in [3.8, 4) is 5.69 Å². The van der Waals surface area contributed by atoms with Crippen LogP contribution in [0.15, 0.2) is 137 Å². The van der Waals surface area contributed by atoms with Gasteiger partial charge in [-0.15, -0.1) is 0 Å². The van der Waals surface area contributed by atoms with E-state index in [2.05, 4.69) is 89.8 Å². The Balaban J connectivity index is 1.42. The summed E-state index contributed by atoms with van der Waals surface area (Å²) < 4.78 is 8.28. The maximum Gasteiger partial charge on any atom is 0.263 e. The molecule has 8 aromatic rings. The van der Waals surface area contributed by atoms with Crippen molar-refractivity contribution in [1.82, 2.24) is 4.57 Å². The average Bonchev–Trinajstić information content (AvgIpc) is 3.43. The van der Waals surface area contributed by atoms with Crippen LogP contribution in [0.5, 0.6) is 0 Å². The van der Waals surface area contributed by atoms with Gasteiger partial charge in [0.15, 0.2) is 0 Å². The first-order valence-corrected chi connectivity index (χ1v) is 14.3. The van der Waals surface area contributed by atoms with Crippen LogP contribution in [-0.2, 0) is 0 Å². The summed E-state index contributed by atoms with van der Waals surface area (Å²) in [7, 11) is 0. The average molecular weight is 536 g/mol. The van der Waals surface area contributed by atoms with Gasteiger partial charge >= 0.3 is 0 Å². The first-order valence-electron chi connectivity index (χ1n) is 14.3. The van der Waals surface area contributed by atoms with Crippen molar-refractivity contribution in [2.75, 3.05) is 4.90 Å². The lowest BCUT2D eigenvalue weighted by Gasteiger charge is -2.40. The first-order chi connectivity index (χ1) is 20.8. The molecule has 2 aliphatic rings. The molecule has 0 amide bonds. The van der Waals surface area contributed by atoms with E-state index < -0.39 is 0 Å². The number of aromatic nitrogens is 1. The van der Waals surface area contributed by atoms with Crippen LogP contribution in [0.3, 0.4) is 0 Å². The Labute approximate surface area is 240 Å². The minimum absolute atomic E-state index is 0.00629. The van der Waals surface area contributed by atoms with E-state index in [1.54, 1.807) is 0 Å². The van der Waals surface area contributed by atoms with Crippen molar-refractivity contribution in [3.05, 3.63) is 138 Å². The van der Waals surface area contributed by atoms with E-state index in [1.807, 2.05) is 47.0 Å². The summed E-state index contributed by atoms with van der Waals surface area (Å²) in [6, 6.07) is 44.1. The van der Waals surface area contributed by atoms with Gasteiger partial charge in [-0.25, -0.2) is 0 Å². The second-order valence-electron chi connectivity index (χ2n) is 11.2. The second kappa shape index (κ2) is 7.80. The van der Waals surface area contributed by atoms with Gasteiger partial charge in [0.2, 0.25) is 0 Å². The van der Waals surface area contributed by atoms with Gasteiger partial charge in [-0.3, -0.25) is 9.36 Å². The zero-order valence-electron chi connectivity index (χ0n) is 22.4. The van der Waals surface area contributed by atoms with Gasteiger partial charge in [-0.2, -0.15) is 0 Å². The number of hydrogen-bond donors (Lipinski definition) is 0. The van der Waals surface area contributed by atoms with Crippen molar-refractivity contribution < 1.29 is 4.42 Å². The zero-order valence-corrected chi connectivity index (χ0v) is 22.4. The molecule has 0 N–H and O–H groups in total. The third kappa shape index (κ3) is 2.61. The number of pyridine rings is 1. The maximum atomic E-state index is 14.3. The lowest BCUT2D eigenvalue weighted by molar-refractivity contribution is 0.669. The Morgan fingerprint density at radius 1 is 0.500 bits per heavy atom. The molecule has 0 atom stereocenters. The van der Waals surface area contributed by atoms with Crippen LogP contribution in [0.25, 0.3) is 49.3 Å². The SMILES string of the molecule is O=c1c2ccccc2c2ccc3c4c2n1-c1ccccc1B4c1ccccc1N3c1cccc2oc3ccccc3c12. The fourth-order valence-corrected chi connectivity index (χ4v) is 7.57. The van der Waals surface area contributed by atoms with Crippen LogP contribution in [-0.4, -0.2) is 11.3 Å². The Bertz CT molecular complexity index is 2530. The maximum absolute atomic E-state index is 14.3. The van der Waals surface area contributed by atoms with Gasteiger partial charge in [-0.1, -0.05) is 84.9 Å². The number of nitrogens with zero attached hydrogens (tertiary/aromatic N) is 2. The lowest BCUT2D eigenvalue weighted by Crippen LogP contribution is -2.61. The number of hydrogen-bond acceptors (Lipinski definition) is 3. The van der Waals surface area contributed by atoms with Gasteiger partial charge in [0.25, 0.3) is 12.3 Å². The molecule has 42 heavy (non-hydrogen) atoms. The van der Waals surface area contributed by atoms with Crippen LogP contribution in [0, 0.1) is 0 Å². The lowest BCUT2D eigenvalue weighted by atomic mass is 9.33. The molecule has 5 heteroatoms. The standard InChI is InChI=1S/C37H21BN2O2/c41-37-24-11-2-1-10-22(24)23-20-21-31-35-36(23)40(37)29-16-7-5-14-27(29)38(35)26-13-4-6-15-28(26)39(31)30-17-9-19-33-34(30)25-12-3-8-18-32(25)42-33/h1-21H. The molecule has 194 valence electrons. The molecule has 0 aliphatic carbocycles.